The van der Waals surface area contributed by atoms with E-state index >= 15 is 0 Å². The highest BCUT2D eigenvalue weighted by Gasteiger charge is 2.25. The zero-order valence-electron chi connectivity index (χ0n) is 15.4. The summed E-state index contributed by atoms with van der Waals surface area (Å²) in [5.74, 6) is 0.360. The molecule has 26 heavy (non-hydrogen) atoms. The van der Waals surface area contributed by atoms with Gasteiger partial charge in [-0.05, 0) is 68.3 Å². The Hall–Kier alpha value is -2.35. The lowest BCUT2D eigenvalue weighted by Gasteiger charge is -2.32. The van der Waals surface area contributed by atoms with Gasteiger partial charge in [0.25, 0.3) is 5.91 Å². The molecule has 1 amide bonds. The van der Waals surface area contributed by atoms with Crippen molar-refractivity contribution in [1.29, 1.82) is 0 Å². The number of amides is 1. The van der Waals surface area contributed by atoms with E-state index in [1.54, 1.807) is 0 Å². The summed E-state index contributed by atoms with van der Waals surface area (Å²) in [7, 11) is 0. The molecule has 7 nitrogen and oxygen atoms in total. The summed E-state index contributed by atoms with van der Waals surface area (Å²) < 4.78 is 14.8. The number of tetrazole rings is 1. The largest absolute Gasteiger partial charge is 0.349 e. The summed E-state index contributed by atoms with van der Waals surface area (Å²) in [6.45, 7) is 8.65. The maximum atomic E-state index is 13.0. The van der Waals surface area contributed by atoms with Gasteiger partial charge in [-0.25, -0.2) is 9.07 Å². The van der Waals surface area contributed by atoms with Crippen molar-refractivity contribution in [1.82, 2.24) is 30.4 Å². The summed E-state index contributed by atoms with van der Waals surface area (Å²) in [6, 6.07) is 5.74. The molecule has 1 N–H and O–H groups in total. The Morgan fingerprint density at radius 2 is 1.88 bits per heavy atom. The summed E-state index contributed by atoms with van der Waals surface area (Å²) >= 11 is 0. The smallest absolute Gasteiger partial charge is 0.251 e. The molecule has 2 aromatic rings. The molecule has 2 heterocycles. The van der Waals surface area contributed by atoms with Crippen LogP contribution in [0.1, 0.15) is 49.8 Å². The Kier molecular flexibility index (Phi) is 5.31. The van der Waals surface area contributed by atoms with Crippen molar-refractivity contribution < 1.29 is 9.18 Å². The van der Waals surface area contributed by atoms with Crippen LogP contribution in [-0.2, 0) is 12.1 Å². The number of rotatable bonds is 4. The van der Waals surface area contributed by atoms with E-state index in [1.807, 2.05) is 4.68 Å². The van der Waals surface area contributed by atoms with Crippen LogP contribution in [0.25, 0.3) is 0 Å². The molecule has 0 spiro atoms. The van der Waals surface area contributed by atoms with Crippen LogP contribution in [-0.4, -0.2) is 50.1 Å². The zero-order valence-corrected chi connectivity index (χ0v) is 15.4. The highest BCUT2D eigenvalue weighted by atomic mass is 19.1. The summed E-state index contributed by atoms with van der Waals surface area (Å²) in [5.41, 5.74) is 0.332. The average Bonchev–Trinajstić information content (AvgIpc) is 3.06. The van der Waals surface area contributed by atoms with E-state index in [4.69, 9.17) is 0 Å². The van der Waals surface area contributed by atoms with Crippen LogP contribution in [0.2, 0.25) is 0 Å². The minimum Gasteiger partial charge on any atom is -0.349 e. The highest BCUT2D eigenvalue weighted by Crippen LogP contribution is 2.17. The second-order valence-corrected chi connectivity index (χ2v) is 7.71. The Morgan fingerprint density at radius 3 is 2.50 bits per heavy atom. The lowest BCUT2D eigenvalue weighted by atomic mass is 10.0. The number of likely N-dealkylation sites (tertiary alicyclic amines) is 1. The first-order valence-corrected chi connectivity index (χ1v) is 8.89. The molecule has 1 aromatic heterocycles. The molecule has 0 radical (unpaired) electrons. The van der Waals surface area contributed by atoms with Crippen molar-refractivity contribution in [3.63, 3.8) is 0 Å². The molecule has 8 heteroatoms. The number of hydrogen-bond acceptors (Lipinski definition) is 5. The SMILES string of the molecule is CC(C)(C)n1nnnc1CN1CCC(NC(=O)c2ccc(F)cc2)CC1. The van der Waals surface area contributed by atoms with Gasteiger partial charge in [0.15, 0.2) is 5.82 Å². The van der Waals surface area contributed by atoms with Crippen LogP contribution in [0.4, 0.5) is 4.39 Å². The van der Waals surface area contributed by atoms with Gasteiger partial charge < -0.3 is 5.32 Å². The molecule has 1 aliphatic rings. The standard InChI is InChI=1S/C18H25FN6O/c1-18(2,3)25-16(21-22-23-25)12-24-10-8-15(9-11-24)20-17(26)13-4-6-14(19)7-5-13/h4-7,15H,8-12H2,1-3H3,(H,20,26). The number of aromatic nitrogens is 4. The van der Waals surface area contributed by atoms with Crippen LogP contribution < -0.4 is 5.32 Å². The van der Waals surface area contributed by atoms with Crippen molar-refractivity contribution in [3.05, 3.63) is 41.5 Å². The van der Waals surface area contributed by atoms with Crippen molar-refractivity contribution in [3.8, 4) is 0 Å². The van der Waals surface area contributed by atoms with Crippen molar-refractivity contribution in [2.75, 3.05) is 13.1 Å². The molecule has 0 unspecified atom stereocenters. The van der Waals surface area contributed by atoms with E-state index in [-0.39, 0.29) is 23.3 Å². The first-order chi connectivity index (χ1) is 12.3. The van der Waals surface area contributed by atoms with Gasteiger partial charge in [0.05, 0.1) is 12.1 Å². The van der Waals surface area contributed by atoms with Gasteiger partial charge in [0.2, 0.25) is 0 Å². The number of nitrogens with one attached hydrogen (secondary N) is 1. The normalized spacial score (nSPS) is 16.6. The van der Waals surface area contributed by atoms with Gasteiger partial charge in [0, 0.05) is 24.7 Å². The number of carbonyl (C=O) groups excluding carboxylic acids is 1. The number of nitrogens with zero attached hydrogens (tertiary/aromatic N) is 5. The minimum absolute atomic E-state index is 0.127. The lowest BCUT2D eigenvalue weighted by molar-refractivity contribution is 0.0906. The highest BCUT2D eigenvalue weighted by molar-refractivity contribution is 5.94. The third-order valence-electron chi connectivity index (χ3n) is 4.56. The first kappa shape index (κ1) is 18.4. The monoisotopic (exact) mass is 360 g/mol. The molecule has 0 aliphatic carbocycles. The van der Waals surface area contributed by atoms with E-state index in [2.05, 4.69) is 46.5 Å². The predicted octanol–water partition coefficient (Wildman–Crippen LogP) is 1.96. The maximum absolute atomic E-state index is 13.0. The molecule has 140 valence electrons. The van der Waals surface area contributed by atoms with Crippen LogP contribution in [0.3, 0.4) is 0 Å². The summed E-state index contributed by atoms with van der Waals surface area (Å²) in [6.07, 6.45) is 1.73. The Bertz CT molecular complexity index is 744. The fourth-order valence-electron chi connectivity index (χ4n) is 3.13. The van der Waals surface area contributed by atoms with Crippen LogP contribution in [0.15, 0.2) is 24.3 Å². The van der Waals surface area contributed by atoms with E-state index in [0.717, 1.165) is 31.8 Å². The fourth-order valence-corrected chi connectivity index (χ4v) is 3.13. The van der Waals surface area contributed by atoms with Crippen LogP contribution >= 0.6 is 0 Å². The molecule has 1 saturated heterocycles. The number of hydrogen-bond donors (Lipinski definition) is 1. The molecule has 0 bridgehead atoms. The second kappa shape index (κ2) is 7.49. The van der Waals surface area contributed by atoms with Crippen molar-refractivity contribution in [2.45, 2.75) is 51.7 Å². The van der Waals surface area contributed by atoms with Crippen LogP contribution in [0, 0.1) is 5.82 Å². The van der Waals surface area contributed by atoms with Crippen molar-refractivity contribution >= 4 is 5.91 Å². The van der Waals surface area contributed by atoms with Gasteiger partial charge in [0.1, 0.15) is 5.82 Å². The molecule has 1 aliphatic heterocycles. The lowest BCUT2D eigenvalue weighted by Crippen LogP contribution is -2.44. The Labute approximate surface area is 152 Å². The summed E-state index contributed by atoms with van der Waals surface area (Å²) in [4.78, 5) is 14.5. The third kappa shape index (κ3) is 4.43. The second-order valence-electron chi connectivity index (χ2n) is 7.71. The number of benzene rings is 1. The van der Waals surface area contributed by atoms with Crippen LogP contribution in [0.5, 0.6) is 0 Å². The topological polar surface area (TPSA) is 75.9 Å². The number of halogens is 1. The van der Waals surface area contributed by atoms with Crippen molar-refractivity contribution in [2.24, 2.45) is 0 Å². The van der Waals surface area contributed by atoms with E-state index in [9.17, 15) is 9.18 Å². The van der Waals surface area contributed by atoms with Gasteiger partial charge >= 0.3 is 0 Å². The van der Waals surface area contributed by atoms with Gasteiger partial charge in [-0.2, -0.15) is 0 Å². The predicted molar refractivity (Wildman–Crippen MR) is 95.0 cm³/mol. The number of carbonyl (C=O) groups is 1. The molecular weight excluding hydrogens is 335 g/mol. The zero-order chi connectivity index (χ0) is 18.7. The molecule has 1 fully saturated rings. The average molecular weight is 360 g/mol. The van der Waals surface area contributed by atoms with Gasteiger partial charge in [-0.15, -0.1) is 5.10 Å². The van der Waals surface area contributed by atoms with Gasteiger partial charge in [-0.3, -0.25) is 9.69 Å². The molecular formula is C18H25FN6O. The number of piperidine rings is 1. The quantitative estimate of drug-likeness (QED) is 0.902. The molecule has 0 atom stereocenters. The van der Waals surface area contributed by atoms with E-state index in [0.29, 0.717) is 12.1 Å². The Morgan fingerprint density at radius 1 is 1.23 bits per heavy atom. The van der Waals surface area contributed by atoms with Gasteiger partial charge in [-0.1, -0.05) is 0 Å². The van der Waals surface area contributed by atoms with E-state index < -0.39 is 0 Å². The Balaban J connectivity index is 1.51. The first-order valence-electron chi connectivity index (χ1n) is 8.89. The van der Waals surface area contributed by atoms with E-state index in [1.165, 1.54) is 24.3 Å². The fraction of sp³-hybridized carbons (Fsp3) is 0.556. The molecule has 1 aromatic carbocycles. The minimum atomic E-state index is -0.340. The summed E-state index contributed by atoms with van der Waals surface area (Å²) in [5, 5.41) is 15.1. The molecule has 0 saturated carbocycles. The third-order valence-corrected chi connectivity index (χ3v) is 4.56. The molecule has 3 rings (SSSR count). The maximum Gasteiger partial charge on any atom is 0.251 e.